The molecule has 94 valence electrons. The van der Waals surface area contributed by atoms with Crippen LogP contribution in [0.25, 0.3) is 0 Å². The van der Waals surface area contributed by atoms with Crippen molar-refractivity contribution in [2.45, 2.75) is 32.1 Å². The van der Waals surface area contributed by atoms with E-state index in [1.54, 1.807) is 0 Å². The second kappa shape index (κ2) is 5.19. The van der Waals surface area contributed by atoms with Crippen LogP contribution in [0.4, 0.5) is 0 Å². The van der Waals surface area contributed by atoms with Crippen molar-refractivity contribution >= 4 is 0 Å². The van der Waals surface area contributed by atoms with Gasteiger partial charge in [-0.15, -0.1) is 0 Å². The van der Waals surface area contributed by atoms with Gasteiger partial charge in [0.15, 0.2) is 0 Å². The van der Waals surface area contributed by atoms with Gasteiger partial charge >= 0.3 is 0 Å². The molecule has 1 N–H and O–H groups in total. The molecule has 0 bridgehead atoms. The van der Waals surface area contributed by atoms with E-state index in [-0.39, 0.29) is 5.41 Å². The zero-order valence-electron chi connectivity index (χ0n) is 11.2. The minimum absolute atomic E-state index is 0.269. The van der Waals surface area contributed by atoms with Crippen molar-refractivity contribution in [2.24, 2.45) is 0 Å². The summed E-state index contributed by atoms with van der Waals surface area (Å²) in [4.78, 5) is 0. The summed E-state index contributed by atoms with van der Waals surface area (Å²) >= 11 is 0. The molecule has 1 saturated heterocycles. The van der Waals surface area contributed by atoms with Gasteiger partial charge in [0.05, 0.1) is 0 Å². The average molecular weight is 233 g/mol. The van der Waals surface area contributed by atoms with Crippen LogP contribution in [0.5, 0.6) is 0 Å². The van der Waals surface area contributed by atoms with E-state index in [0.29, 0.717) is 0 Å². The maximum Gasteiger partial charge on any atom is 0.0475 e. The molecule has 17 heavy (non-hydrogen) atoms. The van der Waals surface area contributed by atoms with Crippen LogP contribution in [0.2, 0.25) is 0 Å². The molecule has 0 radical (unpaired) electrons. The smallest absolute Gasteiger partial charge is 0.0475 e. The standard InChI is InChI=1S/C15H23NO/c1-12-4-5-14(10-13(12)2)15(11-16-3)6-8-17-9-7-15/h4-5,10,16H,6-9,11H2,1-3H3. The molecule has 2 nitrogen and oxygen atoms in total. The van der Waals surface area contributed by atoms with E-state index < -0.39 is 0 Å². The number of hydrogen-bond donors (Lipinski definition) is 1. The van der Waals surface area contributed by atoms with Gasteiger partial charge in [-0.1, -0.05) is 18.2 Å². The molecule has 0 spiro atoms. The first-order valence-electron chi connectivity index (χ1n) is 6.48. The van der Waals surface area contributed by atoms with Crippen LogP contribution in [-0.2, 0) is 10.2 Å². The Hall–Kier alpha value is -0.860. The third-order valence-electron chi connectivity index (χ3n) is 4.08. The van der Waals surface area contributed by atoms with Crippen molar-refractivity contribution in [1.29, 1.82) is 0 Å². The van der Waals surface area contributed by atoms with Crippen LogP contribution in [0.1, 0.15) is 29.5 Å². The van der Waals surface area contributed by atoms with Crippen molar-refractivity contribution in [1.82, 2.24) is 5.32 Å². The molecule has 1 aliphatic rings. The lowest BCUT2D eigenvalue weighted by Crippen LogP contribution is -2.41. The summed E-state index contributed by atoms with van der Waals surface area (Å²) in [5.74, 6) is 0. The Morgan fingerprint density at radius 1 is 1.18 bits per heavy atom. The average Bonchev–Trinajstić information content (AvgIpc) is 2.34. The third-order valence-corrected chi connectivity index (χ3v) is 4.08. The Morgan fingerprint density at radius 3 is 2.47 bits per heavy atom. The molecule has 1 aromatic carbocycles. The molecular formula is C15H23NO. The molecule has 2 heteroatoms. The van der Waals surface area contributed by atoms with Gasteiger partial charge in [0.25, 0.3) is 0 Å². The topological polar surface area (TPSA) is 21.3 Å². The highest BCUT2D eigenvalue weighted by molar-refractivity contribution is 5.35. The van der Waals surface area contributed by atoms with Crippen molar-refractivity contribution < 1.29 is 4.74 Å². The summed E-state index contributed by atoms with van der Waals surface area (Å²) in [6.07, 6.45) is 2.24. The maximum absolute atomic E-state index is 5.52. The molecular weight excluding hydrogens is 210 g/mol. The molecule has 1 heterocycles. The summed E-state index contributed by atoms with van der Waals surface area (Å²) in [5.41, 5.74) is 4.51. The summed E-state index contributed by atoms with van der Waals surface area (Å²) in [7, 11) is 2.04. The number of hydrogen-bond acceptors (Lipinski definition) is 2. The maximum atomic E-state index is 5.52. The Kier molecular flexibility index (Phi) is 3.85. The minimum Gasteiger partial charge on any atom is -0.381 e. The molecule has 0 aliphatic carbocycles. The van der Waals surface area contributed by atoms with E-state index in [2.05, 4.69) is 37.4 Å². The zero-order chi connectivity index (χ0) is 12.3. The van der Waals surface area contributed by atoms with Crippen molar-refractivity contribution in [3.63, 3.8) is 0 Å². The van der Waals surface area contributed by atoms with E-state index in [1.165, 1.54) is 16.7 Å². The van der Waals surface area contributed by atoms with Crippen LogP contribution < -0.4 is 5.32 Å². The van der Waals surface area contributed by atoms with E-state index in [1.807, 2.05) is 7.05 Å². The molecule has 0 unspecified atom stereocenters. The summed E-state index contributed by atoms with van der Waals surface area (Å²) in [6, 6.07) is 6.90. The second-order valence-corrected chi connectivity index (χ2v) is 5.22. The molecule has 0 atom stereocenters. The van der Waals surface area contributed by atoms with Gasteiger partial charge in [-0.2, -0.15) is 0 Å². The fourth-order valence-electron chi connectivity index (χ4n) is 2.74. The van der Waals surface area contributed by atoms with Gasteiger partial charge in [0.2, 0.25) is 0 Å². The molecule has 1 aliphatic heterocycles. The fraction of sp³-hybridized carbons (Fsp3) is 0.600. The number of likely N-dealkylation sites (N-methyl/N-ethyl adjacent to an activating group) is 1. The number of nitrogens with one attached hydrogen (secondary N) is 1. The number of aryl methyl sites for hydroxylation is 2. The molecule has 1 aromatic rings. The number of benzene rings is 1. The van der Waals surface area contributed by atoms with Crippen LogP contribution in [-0.4, -0.2) is 26.8 Å². The van der Waals surface area contributed by atoms with E-state index in [4.69, 9.17) is 4.74 Å². The Bertz CT molecular complexity index is 375. The van der Waals surface area contributed by atoms with Gasteiger partial charge in [-0.05, 0) is 50.4 Å². The van der Waals surface area contributed by atoms with Gasteiger partial charge in [0, 0.05) is 25.2 Å². The van der Waals surface area contributed by atoms with Crippen LogP contribution in [0.15, 0.2) is 18.2 Å². The highest BCUT2D eigenvalue weighted by atomic mass is 16.5. The van der Waals surface area contributed by atoms with Crippen molar-refractivity contribution in [3.05, 3.63) is 34.9 Å². The van der Waals surface area contributed by atoms with Crippen LogP contribution in [0, 0.1) is 13.8 Å². The lowest BCUT2D eigenvalue weighted by Gasteiger charge is -2.38. The quantitative estimate of drug-likeness (QED) is 0.866. The first-order chi connectivity index (χ1) is 8.18. The van der Waals surface area contributed by atoms with Crippen molar-refractivity contribution in [3.8, 4) is 0 Å². The SMILES string of the molecule is CNCC1(c2ccc(C)c(C)c2)CCOCC1. The normalized spacial score (nSPS) is 19.2. The Morgan fingerprint density at radius 2 is 1.88 bits per heavy atom. The van der Waals surface area contributed by atoms with Gasteiger partial charge in [-0.3, -0.25) is 0 Å². The van der Waals surface area contributed by atoms with E-state index in [9.17, 15) is 0 Å². The highest BCUT2D eigenvalue weighted by Crippen LogP contribution is 2.35. The summed E-state index contributed by atoms with van der Waals surface area (Å²) in [6.45, 7) is 7.18. The third kappa shape index (κ3) is 2.53. The second-order valence-electron chi connectivity index (χ2n) is 5.22. The molecule has 2 rings (SSSR count). The zero-order valence-corrected chi connectivity index (χ0v) is 11.2. The molecule has 1 fully saturated rings. The Balaban J connectivity index is 2.34. The predicted octanol–water partition coefficient (Wildman–Crippen LogP) is 2.57. The van der Waals surface area contributed by atoms with E-state index in [0.717, 1.165) is 32.6 Å². The number of ether oxygens (including phenoxy) is 1. The monoisotopic (exact) mass is 233 g/mol. The largest absolute Gasteiger partial charge is 0.381 e. The lowest BCUT2D eigenvalue weighted by atomic mass is 9.73. The summed E-state index contributed by atoms with van der Waals surface area (Å²) < 4.78 is 5.52. The van der Waals surface area contributed by atoms with Crippen LogP contribution in [0.3, 0.4) is 0 Å². The molecule has 0 aromatic heterocycles. The van der Waals surface area contributed by atoms with Gasteiger partial charge in [-0.25, -0.2) is 0 Å². The molecule has 0 saturated carbocycles. The first-order valence-corrected chi connectivity index (χ1v) is 6.48. The predicted molar refractivity (Wildman–Crippen MR) is 71.6 cm³/mol. The van der Waals surface area contributed by atoms with Crippen LogP contribution >= 0.6 is 0 Å². The first kappa shape index (κ1) is 12.6. The number of rotatable bonds is 3. The van der Waals surface area contributed by atoms with Gasteiger partial charge in [0.1, 0.15) is 0 Å². The highest BCUT2D eigenvalue weighted by Gasteiger charge is 2.33. The van der Waals surface area contributed by atoms with E-state index >= 15 is 0 Å². The Labute approximate surface area is 104 Å². The molecule has 0 amide bonds. The van der Waals surface area contributed by atoms with Gasteiger partial charge < -0.3 is 10.1 Å². The fourth-order valence-corrected chi connectivity index (χ4v) is 2.74. The lowest BCUT2D eigenvalue weighted by molar-refractivity contribution is 0.0505. The van der Waals surface area contributed by atoms with Crippen molar-refractivity contribution in [2.75, 3.05) is 26.8 Å². The minimum atomic E-state index is 0.269. The summed E-state index contributed by atoms with van der Waals surface area (Å²) in [5, 5.41) is 3.36.